The molecule has 0 atom stereocenters. The molecule has 0 aromatic heterocycles. The van der Waals surface area contributed by atoms with E-state index in [4.69, 9.17) is 26.0 Å². The van der Waals surface area contributed by atoms with Crippen molar-refractivity contribution in [1.29, 1.82) is 0 Å². The Balaban J connectivity index is 2.57. The van der Waals surface area contributed by atoms with E-state index in [0.29, 0.717) is 31.8 Å². The number of ether oxygens (including phenoxy) is 2. The molecule has 5 N–H and O–H groups in total. The third kappa shape index (κ3) is 5.50. The Morgan fingerprint density at radius 1 is 1.00 bits per heavy atom. The second-order valence-electron chi connectivity index (χ2n) is 4.27. The zero-order valence-corrected chi connectivity index (χ0v) is 11.7. The fraction of sp³-hybridized carbons (Fsp3) is 0.429. The molecule has 0 heterocycles. The molecule has 7 heteroatoms. The van der Waals surface area contributed by atoms with Crippen molar-refractivity contribution in [2.24, 2.45) is 11.5 Å². The fourth-order valence-electron chi connectivity index (χ4n) is 1.87. The van der Waals surface area contributed by atoms with Crippen LogP contribution < -0.4 is 11.5 Å². The van der Waals surface area contributed by atoms with Crippen LogP contribution in [-0.2, 0) is 15.9 Å². The van der Waals surface area contributed by atoms with Crippen LogP contribution in [0.2, 0.25) is 0 Å². The molecule has 116 valence electrons. The third-order valence-corrected chi connectivity index (χ3v) is 2.79. The Morgan fingerprint density at radius 3 is 2.24 bits per heavy atom. The van der Waals surface area contributed by atoms with Crippen molar-refractivity contribution in [3.8, 4) is 0 Å². The standard InChI is InChI=1S/C14H20N2O5/c15-13(18)11-3-1-2-10(12(11)14(16)19)4-6-20-8-9-21-7-5-17/h1-3,17H,4-9H2,(H2,15,18)(H2,16,19). The van der Waals surface area contributed by atoms with E-state index in [1.807, 2.05) is 0 Å². The largest absolute Gasteiger partial charge is 0.394 e. The average Bonchev–Trinajstić information content (AvgIpc) is 2.45. The Hall–Kier alpha value is -1.96. The van der Waals surface area contributed by atoms with Gasteiger partial charge in [-0.2, -0.15) is 0 Å². The zero-order chi connectivity index (χ0) is 15.7. The Morgan fingerprint density at radius 2 is 1.67 bits per heavy atom. The lowest BCUT2D eigenvalue weighted by atomic mass is 9.98. The van der Waals surface area contributed by atoms with Crippen LogP contribution in [0.4, 0.5) is 0 Å². The van der Waals surface area contributed by atoms with E-state index in [9.17, 15) is 9.59 Å². The van der Waals surface area contributed by atoms with E-state index < -0.39 is 11.8 Å². The molecule has 1 aromatic rings. The van der Waals surface area contributed by atoms with Gasteiger partial charge in [-0.3, -0.25) is 9.59 Å². The molecule has 21 heavy (non-hydrogen) atoms. The molecule has 7 nitrogen and oxygen atoms in total. The Kier molecular flexibility index (Phi) is 7.38. The van der Waals surface area contributed by atoms with Crippen molar-refractivity contribution >= 4 is 11.8 Å². The summed E-state index contributed by atoms with van der Waals surface area (Å²) >= 11 is 0. The molecule has 0 unspecified atom stereocenters. The molecule has 0 aliphatic carbocycles. The minimum Gasteiger partial charge on any atom is -0.394 e. The summed E-state index contributed by atoms with van der Waals surface area (Å²) in [5.74, 6) is -1.38. The first kappa shape index (κ1) is 17.1. The molecule has 0 aliphatic rings. The monoisotopic (exact) mass is 296 g/mol. The Labute approximate surface area is 122 Å². The van der Waals surface area contributed by atoms with E-state index in [2.05, 4.69) is 0 Å². The molecule has 2 amide bonds. The molecule has 0 radical (unpaired) electrons. The van der Waals surface area contributed by atoms with E-state index in [1.165, 1.54) is 6.07 Å². The van der Waals surface area contributed by atoms with Gasteiger partial charge in [0.2, 0.25) is 11.8 Å². The molecule has 0 fully saturated rings. The highest BCUT2D eigenvalue weighted by atomic mass is 16.5. The van der Waals surface area contributed by atoms with Crippen molar-refractivity contribution in [3.05, 3.63) is 34.9 Å². The molecular weight excluding hydrogens is 276 g/mol. The number of carbonyl (C=O) groups excluding carboxylic acids is 2. The van der Waals surface area contributed by atoms with Gasteiger partial charge >= 0.3 is 0 Å². The third-order valence-electron chi connectivity index (χ3n) is 2.79. The second kappa shape index (κ2) is 9.06. The number of nitrogens with two attached hydrogens (primary N) is 2. The van der Waals surface area contributed by atoms with Gasteiger partial charge < -0.3 is 26.0 Å². The van der Waals surface area contributed by atoms with Gasteiger partial charge in [0.25, 0.3) is 0 Å². The summed E-state index contributed by atoms with van der Waals surface area (Å²) in [6.07, 6.45) is 0.430. The SMILES string of the molecule is NC(=O)c1cccc(CCOCCOCCO)c1C(N)=O. The number of hydrogen-bond acceptors (Lipinski definition) is 5. The van der Waals surface area contributed by atoms with E-state index >= 15 is 0 Å². The number of benzene rings is 1. The van der Waals surface area contributed by atoms with E-state index in [-0.39, 0.29) is 24.3 Å². The highest BCUT2D eigenvalue weighted by Gasteiger charge is 2.16. The number of amides is 2. The Bertz CT molecular complexity index is 490. The fourth-order valence-corrected chi connectivity index (χ4v) is 1.87. The van der Waals surface area contributed by atoms with Crippen LogP contribution >= 0.6 is 0 Å². The first-order valence-electron chi connectivity index (χ1n) is 6.55. The molecule has 0 aliphatic heterocycles. The maximum Gasteiger partial charge on any atom is 0.249 e. The number of aliphatic hydroxyl groups excluding tert-OH is 1. The summed E-state index contributed by atoms with van der Waals surface area (Å²) in [5.41, 5.74) is 11.4. The van der Waals surface area contributed by atoms with Gasteiger partial charge in [0.15, 0.2) is 0 Å². The summed E-state index contributed by atoms with van der Waals surface area (Å²) in [6, 6.07) is 4.82. The molecule has 0 saturated heterocycles. The van der Waals surface area contributed by atoms with Gasteiger partial charge in [0, 0.05) is 0 Å². The summed E-state index contributed by atoms with van der Waals surface area (Å²) in [6.45, 7) is 1.36. The quantitative estimate of drug-likeness (QED) is 0.500. The molecule has 1 rings (SSSR count). The van der Waals surface area contributed by atoms with Crippen molar-refractivity contribution < 1.29 is 24.2 Å². The van der Waals surface area contributed by atoms with Crippen LogP contribution in [0.5, 0.6) is 0 Å². The minimum atomic E-state index is -0.691. The lowest BCUT2D eigenvalue weighted by Crippen LogP contribution is -2.23. The highest BCUT2D eigenvalue weighted by molar-refractivity contribution is 6.07. The molecule has 0 bridgehead atoms. The lowest BCUT2D eigenvalue weighted by Gasteiger charge is -2.10. The summed E-state index contributed by atoms with van der Waals surface area (Å²) < 4.78 is 10.4. The maximum absolute atomic E-state index is 11.5. The minimum absolute atomic E-state index is 0.0259. The van der Waals surface area contributed by atoms with Crippen LogP contribution in [-0.4, -0.2) is 50.0 Å². The number of aliphatic hydroxyl groups is 1. The van der Waals surface area contributed by atoms with Crippen molar-refractivity contribution in [2.45, 2.75) is 6.42 Å². The molecule has 1 aromatic carbocycles. The predicted molar refractivity (Wildman–Crippen MR) is 75.9 cm³/mol. The van der Waals surface area contributed by atoms with Gasteiger partial charge in [-0.25, -0.2) is 0 Å². The van der Waals surface area contributed by atoms with Gasteiger partial charge in [-0.1, -0.05) is 12.1 Å². The smallest absolute Gasteiger partial charge is 0.249 e. The molecular formula is C14H20N2O5. The van der Waals surface area contributed by atoms with Crippen molar-refractivity contribution in [3.63, 3.8) is 0 Å². The first-order chi connectivity index (χ1) is 10.1. The first-order valence-corrected chi connectivity index (χ1v) is 6.55. The van der Waals surface area contributed by atoms with Crippen molar-refractivity contribution in [1.82, 2.24) is 0 Å². The summed E-state index contributed by atoms with van der Waals surface area (Å²) in [4.78, 5) is 22.8. The average molecular weight is 296 g/mol. The van der Waals surface area contributed by atoms with Crippen LogP contribution in [0.25, 0.3) is 0 Å². The summed E-state index contributed by atoms with van der Waals surface area (Å²) in [7, 11) is 0. The van der Waals surface area contributed by atoms with Crippen molar-refractivity contribution in [2.75, 3.05) is 33.0 Å². The zero-order valence-electron chi connectivity index (χ0n) is 11.7. The van der Waals surface area contributed by atoms with Gasteiger partial charge in [0.05, 0.1) is 44.2 Å². The maximum atomic E-state index is 11.5. The lowest BCUT2D eigenvalue weighted by molar-refractivity contribution is 0.0340. The van der Waals surface area contributed by atoms with Crippen LogP contribution in [0.15, 0.2) is 18.2 Å². The molecule has 0 spiro atoms. The number of carbonyl (C=O) groups is 2. The van der Waals surface area contributed by atoms with Crippen LogP contribution in [0, 0.1) is 0 Å². The van der Waals surface area contributed by atoms with Gasteiger partial charge in [-0.05, 0) is 18.1 Å². The molecule has 0 saturated carbocycles. The second-order valence-corrected chi connectivity index (χ2v) is 4.27. The number of primary amides is 2. The number of rotatable bonds is 10. The number of hydrogen-bond donors (Lipinski definition) is 3. The highest BCUT2D eigenvalue weighted by Crippen LogP contribution is 2.15. The van der Waals surface area contributed by atoms with E-state index in [0.717, 1.165) is 0 Å². The van der Waals surface area contributed by atoms with Gasteiger partial charge in [-0.15, -0.1) is 0 Å². The summed E-state index contributed by atoms with van der Waals surface area (Å²) in [5, 5.41) is 8.52. The van der Waals surface area contributed by atoms with Gasteiger partial charge in [0.1, 0.15) is 0 Å². The topological polar surface area (TPSA) is 125 Å². The van der Waals surface area contributed by atoms with Crippen LogP contribution in [0.1, 0.15) is 26.3 Å². The van der Waals surface area contributed by atoms with Crippen LogP contribution in [0.3, 0.4) is 0 Å². The predicted octanol–water partition coefficient (Wildman–Crippen LogP) is -0.548. The normalized spacial score (nSPS) is 10.5. The van der Waals surface area contributed by atoms with E-state index in [1.54, 1.807) is 12.1 Å².